The Morgan fingerprint density at radius 1 is 0.968 bits per heavy atom. The molecule has 2 heterocycles. The fourth-order valence-electron chi connectivity index (χ4n) is 3.48. The van der Waals surface area contributed by atoms with E-state index < -0.39 is 0 Å². The second-order valence-corrected chi connectivity index (χ2v) is 7.17. The second kappa shape index (κ2) is 8.71. The topological polar surface area (TPSA) is 93.6 Å². The molecule has 0 saturated carbocycles. The van der Waals surface area contributed by atoms with Gasteiger partial charge in [-0.15, -0.1) is 10.2 Å². The molecule has 0 unspecified atom stereocenters. The number of rotatable bonds is 5. The van der Waals surface area contributed by atoms with E-state index >= 15 is 0 Å². The van der Waals surface area contributed by atoms with Crippen molar-refractivity contribution in [3.8, 4) is 22.5 Å². The highest BCUT2D eigenvalue weighted by molar-refractivity contribution is 5.91. The molecule has 0 aliphatic heterocycles. The summed E-state index contributed by atoms with van der Waals surface area (Å²) in [5, 5.41) is 14.0. The number of H-pyrrole nitrogens is 1. The fraction of sp³-hybridized carbons (Fsp3) is 0.125. The summed E-state index contributed by atoms with van der Waals surface area (Å²) in [4.78, 5) is 16.1. The average Bonchev–Trinajstić information content (AvgIpc) is 3.33. The molecule has 2 aromatic heterocycles. The van der Waals surface area contributed by atoms with Crippen LogP contribution in [0.1, 0.15) is 32.6 Å². The SMILES string of the molecule is COC(=O)c1cccc(-c2cc(C)c(/C=C/c3cncc(-c4nn[nH]n4)c3)c(C)c2)c1. The Morgan fingerprint density at radius 3 is 2.48 bits per heavy atom. The molecule has 7 heteroatoms. The zero-order chi connectivity index (χ0) is 21.8. The third-order valence-electron chi connectivity index (χ3n) is 5.02. The highest BCUT2D eigenvalue weighted by atomic mass is 16.5. The fourth-order valence-corrected chi connectivity index (χ4v) is 3.48. The minimum absolute atomic E-state index is 0.341. The number of carbonyl (C=O) groups is 1. The van der Waals surface area contributed by atoms with Gasteiger partial charge < -0.3 is 4.74 Å². The number of carbonyl (C=O) groups excluding carboxylic acids is 1. The van der Waals surface area contributed by atoms with Crippen LogP contribution in [-0.2, 0) is 4.74 Å². The van der Waals surface area contributed by atoms with Gasteiger partial charge >= 0.3 is 5.97 Å². The summed E-state index contributed by atoms with van der Waals surface area (Å²) >= 11 is 0. The molecule has 7 nitrogen and oxygen atoms in total. The van der Waals surface area contributed by atoms with E-state index in [1.54, 1.807) is 18.5 Å². The van der Waals surface area contributed by atoms with Gasteiger partial charge in [0.05, 0.1) is 12.7 Å². The van der Waals surface area contributed by atoms with Crippen LogP contribution in [0.25, 0.3) is 34.7 Å². The molecule has 0 radical (unpaired) electrons. The smallest absolute Gasteiger partial charge is 0.337 e. The van der Waals surface area contributed by atoms with Crippen molar-refractivity contribution in [2.45, 2.75) is 13.8 Å². The normalized spacial score (nSPS) is 11.1. The Bertz CT molecular complexity index is 1240. The van der Waals surface area contributed by atoms with Crippen LogP contribution in [0.5, 0.6) is 0 Å². The summed E-state index contributed by atoms with van der Waals surface area (Å²) in [5.41, 5.74) is 7.71. The first-order valence-electron chi connectivity index (χ1n) is 9.72. The highest BCUT2D eigenvalue weighted by Gasteiger charge is 2.09. The zero-order valence-corrected chi connectivity index (χ0v) is 17.5. The van der Waals surface area contributed by atoms with Crippen molar-refractivity contribution in [1.82, 2.24) is 25.6 Å². The van der Waals surface area contributed by atoms with Crippen molar-refractivity contribution in [2.75, 3.05) is 7.11 Å². The van der Waals surface area contributed by atoms with E-state index in [0.717, 1.165) is 38.9 Å². The molecule has 154 valence electrons. The van der Waals surface area contributed by atoms with Gasteiger partial charge in [0, 0.05) is 18.0 Å². The lowest BCUT2D eigenvalue weighted by Crippen LogP contribution is -2.00. The van der Waals surface area contributed by atoms with Crippen LogP contribution < -0.4 is 0 Å². The molecular formula is C24H21N5O2. The Kier molecular flexibility index (Phi) is 5.66. The zero-order valence-electron chi connectivity index (χ0n) is 17.5. The van der Waals surface area contributed by atoms with Gasteiger partial charge in [-0.2, -0.15) is 5.21 Å². The van der Waals surface area contributed by atoms with Crippen molar-refractivity contribution in [1.29, 1.82) is 0 Å². The summed E-state index contributed by atoms with van der Waals surface area (Å²) in [6.45, 7) is 4.16. The minimum Gasteiger partial charge on any atom is -0.465 e. The van der Waals surface area contributed by atoms with E-state index in [1.807, 2.05) is 30.3 Å². The van der Waals surface area contributed by atoms with Gasteiger partial charge in [0.25, 0.3) is 0 Å². The molecule has 0 amide bonds. The Labute approximate surface area is 179 Å². The average molecular weight is 411 g/mol. The monoisotopic (exact) mass is 411 g/mol. The number of aromatic nitrogens is 5. The van der Waals surface area contributed by atoms with Gasteiger partial charge in [0.2, 0.25) is 5.82 Å². The largest absolute Gasteiger partial charge is 0.465 e. The summed E-state index contributed by atoms with van der Waals surface area (Å²) in [5.74, 6) is 0.167. The van der Waals surface area contributed by atoms with E-state index in [0.29, 0.717) is 11.4 Å². The maximum atomic E-state index is 11.9. The molecule has 0 saturated heterocycles. The van der Waals surface area contributed by atoms with Crippen LogP contribution in [0.3, 0.4) is 0 Å². The molecule has 0 fully saturated rings. The van der Waals surface area contributed by atoms with Gasteiger partial charge in [0.1, 0.15) is 0 Å². The van der Waals surface area contributed by atoms with Crippen molar-refractivity contribution in [3.05, 3.63) is 82.7 Å². The van der Waals surface area contributed by atoms with Gasteiger partial charge in [-0.1, -0.05) is 36.4 Å². The van der Waals surface area contributed by atoms with Crippen molar-refractivity contribution in [3.63, 3.8) is 0 Å². The number of aromatic amines is 1. The maximum Gasteiger partial charge on any atom is 0.337 e. The van der Waals surface area contributed by atoms with E-state index in [4.69, 9.17) is 4.74 Å². The number of tetrazole rings is 1. The first-order chi connectivity index (χ1) is 15.0. The molecule has 0 bridgehead atoms. The van der Waals surface area contributed by atoms with Crippen LogP contribution in [0.2, 0.25) is 0 Å². The van der Waals surface area contributed by atoms with Crippen LogP contribution in [0.15, 0.2) is 54.9 Å². The van der Waals surface area contributed by atoms with Crippen molar-refractivity contribution >= 4 is 18.1 Å². The summed E-state index contributed by atoms with van der Waals surface area (Å²) < 4.78 is 4.83. The van der Waals surface area contributed by atoms with E-state index in [9.17, 15) is 4.79 Å². The molecule has 4 aromatic rings. The predicted molar refractivity (Wildman–Crippen MR) is 119 cm³/mol. The lowest BCUT2D eigenvalue weighted by atomic mass is 9.94. The second-order valence-electron chi connectivity index (χ2n) is 7.17. The van der Waals surface area contributed by atoms with Gasteiger partial charge in [-0.25, -0.2) is 4.79 Å². The van der Waals surface area contributed by atoms with Gasteiger partial charge in [-0.05, 0) is 70.6 Å². The molecular weight excluding hydrogens is 390 g/mol. The van der Waals surface area contributed by atoms with Crippen molar-refractivity contribution < 1.29 is 9.53 Å². The number of esters is 1. The highest BCUT2D eigenvalue weighted by Crippen LogP contribution is 2.27. The van der Waals surface area contributed by atoms with Crippen LogP contribution in [-0.4, -0.2) is 38.7 Å². The Balaban J connectivity index is 1.63. The predicted octanol–water partition coefficient (Wildman–Crippen LogP) is 4.50. The quantitative estimate of drug-likeness (QED) is 0.486. The molecule has 0 aliphatic rings. The van der Waals surface area contributed by atoms with Gasteiger partial charge in [-0.3, -0.25) is 4.98 Å². The molecule has 2 aromatic carbocycles. The van der Waals surface area contributed by atoms with Crippen LogP contribution in [0, 0.1) is 13.8 Å². The maximum absolute atomic E-state index is 11.9. The molecule has 0 aliphatic carbocycles. The molecule has 0 atom stereocenters. The lowest BCUT2D eigenvalue weighted by Gasteiger charge is -2.11. The molecule has 0 spiro atoms. The molecule has 1 N–H and O–H groups in total. The van der Waals surface area contributed by atoms with Gasteiger partial charge in [0.15, 0.2) is 0 Å². The summed E-state index contributed by atoms with van der Waals surface area (Å²) in [7, 11) is 1.39. The number of ether oxygens (including phenoxy) is 1. The Hall–Kier alpha value is -4.13. The number of nitrogens with one attached hydrogen (secondary N) is 1. The number of hydrogen-bond acceptors (Lipinski definition) is 6. The number of hydrogen-bond donors (Lipinski definition) is 1. The lowest BCUT2D eigenvalue weighted by molar-refractivity contribution is 0.0601. The Morgan fingerprint density at radius 2 is 1.77 bits per heavy atom. The third kappa shape index (κ3) is 4.40. The third-order valence-corrected chi connectivity index (χ3v) is 5.02. The van der Waals surface area contributed by atoms with Crippen molar-refractivity contribution in [2.24, 2.45) is 0 Å². The minimum atomic E-state index is -0.341. The number of pyridine rings is 1. The number of nitrogens with zero attached hydrogens (tertiary/aromatic N) is 4. The number of benzene rings is 2. The standard InChI is InChI=1S/C24H21N5O2/c1-15-9-20(18-5-4-6-19(12-18)24(30)31-3)10-16(2)22(15)8-7-17-11-21(14-25-13-17)23-26-28-29-27-23/h4-14H,1-3H3,(H,26,27,28,29)/b8-7+. The molecule has 31 heavy (non-hydrogen) atoms. The molecule has 4 rings (SSSR count). The number of aryl methyl sites for hydroxylation is 2. The van der Waals surface area contributed by atoms with Crippen LogP contribution in [0.4, 0.5) is 0 Å². The van der Waals surface area contributed by atoms with E-state index in [2.05, 4.69) is 57.7 Å². The van der Waals surface area contributed by atoms with E-state index in [-0.39, 0.29) is 5.97 Å². The first-order valence-corrected chi connectivity index (χ1v) is 9.72. The van der Waals surface area contributed by atoms with E-state index in [1.165, 1.54) is 7.11 Å². The van der Waals surface area contributed by atoms with Crippen LogP contribution >= 0.6 is 0 Å². The first kappa shape index (κ1) is 20.2. The summed E-state index contributed by atoms with van der Waals surface area (Å²) in [6.07, 6.45) is 7.59. The number of methoxy groups -OCH3 is 1. The summed E-state index contributed by atoms with van der Waals surface area (Å²) in [6, 6.07) is 13.7.